The Balaban J connectivity index is 2.39. The summed E-state index contributed by atoms with van der Waals surface area (Å²) in [6.07, 6.45) is 0. The van der Waals surface area contributed by atoms with Gasteiger partial charge in [-0.3, -0.25) is 4.79 Å². The lowest BCUT2D eigenvalue weighted by atomic mass is 10.1. The Morgan fingerprint density at radius 2 is 1.95 bits per heavy atom. The van der Waals surface area contributed by atoms with Gasteiger partial charge in [0.1, 0.15) is 0 Å². The van der Waals surface area contributed by atoms with E-state index in [1.807, 2.05) is 27.7 Å². The number of rotatable bonds is 3. The average molecular weight is 327 g/mol. The van der Waals surface area contributed by atoms with Crippen LogP contribution in [0, 0.1) is 0 Å². The first kappa shape index (κ1) is 16.2. The number of aromatic amines is 1. The Kier molecular flexibility index (Phi) is 4.56. The van der Waals surface area contributed by atoms with E-state index in [1.165, 1.54) is 0 Å². The van der Waals surface area contributed by atoms with E-state index >= 15 is 0 Å². The van der Waals surface area contributed by atoms with Crippen LogP contribution < -0.4 is 10.3 Å². The lowest BCUT2D eigenvalue weighted by Gasteiger charge is -2.21. The lowest BCUT2D eigenvalue weighted by molar-refractivity contribution is 0.615. The molecule has 0 aliphatic carbocycles. The predicted molar refractivity (Wildman–Crippen MR) is 89.0 cm³/mol. The predicted octanol–water partition coefficient (Wildman–Crippen LogP) is 3.29. The molecule has 4 nitrogen and oxygen atoms in total. The first-order chi connectivity index (χ1) is 9.68. The number of fused-ring (bicyclic) bond motifs is 1. The monoisotopic (exact) mass is 326 g/mol. The number of hydrogen-bond donors (Lipinski definition) is 2. The zero-order valence-electron chi connectivity index (χ0n) is 12.5. The number of benzene rings is 1. The van der Waals surface area contributed by atoms with Gasteiger partial charge in [-0.15, -0.1) is 0 Å². The molecule has 0 saturated heterocycles. The van der Waals surface area contributed by atoms with Crippen LogP contribution in [0.3, 0.4) is 0 Å². The van der Waals surface area contributed by atoms with Crippen molar-refractivity contribution in [2.24, 2.45) is 0 Å². The van der Waals surface area contributed by atoms with Gasteiger partial charge in [-0.25, -0.2) is 8.93 Å². The highest BCUT2D eigenvalue weighted by molar-refractivity contribution is 7.84. The maximum atomic E-state index is 12.2. The zero-order chi connectivity index (χ0) is 15.8. The molecular formula is C15H19ClN2O2S. The lowest BCUT2D eigenvalue weighted by Crippen LogP contribution is -2.36. The second kappa shape index (κ2) is 5.91. The molecule has 2 N–H and O–H groups in total. The molecule has 2 atom stereocenters. The van der Waals surface area contributed by atoms with Crippen molar-refractivity contribution in [1.29, 1.82) is 0 Å². The highest BCUT2D eigenvalue weighted by Gasteiger charge is 2.22. The van der Waals surface area contributed by atoms with E-state index < -0.39 is 11.0 Å². The third-order valence-electron chi connectivity index (χ3n) is 3.14. The van der Waals surface area contributed by atoms with Crippen LogP contribution >= 0.6 is 11.6 Å². The van der Waals surface area contributed by atoms with Crippen molar-refractivity contribution in [1.82, 2.24) is 9.71 Å². The minimum absolute atomic E-state index is 0.185. The first-order valence-electron chi connectivity index (χ1n) is 6.69. The van der Waals surface area contributed by atoms with Gasteiger partial charge in [0.05, 0.1) is 15.7 Å². The van der Waals surface area contributed by atoms with E-state index in [-0.39, 0.29) is 16.3 Å². The Bertz CT molecular complexity index is 749. The van der Waals surface area contributed by atoms with Crippen LogP contribution in [0.15, 0.2) is 29.1 Å². The van der Waals surface area contributed by atoms with Gasteiger partial charge in [-0.2, -0.15) is 0 Å². The summed E-state index contributed by atoms with van der Waals surface area (Å²) >= 11 is 5.98. The van der Waals surface area contributed by atoms with Crippen LogP contribution in [-0.2, 0) is 11.0 Å². The highest BCUT2D eigenvalue weighted by Crippen LogP contribution is 2.20. The second-order valence-electron chi connectivity index (χ2n) is 6.01. The minimum Gasteiger partial charge on any atom is -0.322 e. The number of hydrogen-bond acceptors (Lipinski definition) is 2. The maximum Gasteiger partial charge on any atom is 0.253 e. The summed E-state index contributed by atoms with van der Waals surface area (Å²) in [5, 5.41) is 1.46. The van der Waals surface area contributed by atoms with Crippen molar-refractivity contribution in [2.75, 3.05) is 0 Å². The third-order valence-corrected chi connectivity index (χ3v) is 5.06. The van der Waals surface area contributed by atoms with Crippen molar-refractivity contribution < 1.29 is 4.21 Å². The van der Waals surface area contributed by atoms with Crippen LogP contribution in [0.2, 0.25) is 5.02 Å². The fourth-order valence-electron chi connectivity index (χ4n) is 1.92. The summed E-state index contributed by atoms with van der Waals surface area (Å²) in [5.74, 6) is 0. The fourth-order valence-corrected chi connectivity index (χ4v) is 2.90. The van der Waals surface area contributed by atoms with Crippen LogP contribution in [0.4, 0.5) is 0 Å². The van der Waals surface area contributed by atoms with E-state index in [4.69, 9.17) is 11.6 Å². The van der Waals surface area contributed by atoms with E-state index in [9.17, 15) is 9.00 Å². The van der Waals surface area contributed by atoms with Crippen molar-refractivity contribution in [2.45, 2.75) is 38.5 Å². The molecule has 114 valence electrons. The van der Waals surface area contributed by atoms with Gasteiger partial charge >= 0.3 is 0 Å². The molecule has 1 aromatic carbocycles. The molecule has 0 amide bonds. The van der Waals surface area contributed by atoms with Crippen molar-refractivity contribution in [3.05, 3.63) is 45.2 Å². The molecule has 0 spiro atoms. The highest BCUT2D eigenvalue weighted by atomic mass is 35.5. The van der Waals surface area contributed by atoms with Gasteiger partial charge in [0.15, 0.2) is 0 Å². The summed E-state index contributed by atoms with van der Waals surface area (Å²) < 4.78 is 14.7. The summed E-state index contributed by atoms with van der Waals surface area (Å²) in [6, 6.07) is 6.77. The van der Waals surface area contributed by atoms with Crippen LogP contribution in [0.5, 0.6) is 0 Å². The molecule has 2 rings (SSSR count). The van der Waals surface area contributed by atoms with Crippen molar-refractivity contribution >= 4 is 33.5 Å². The molecule has 2 aromatic rings. The largest absolute Gasteiger partial charge is 0.322 e. The van der Waals surface area contributed by atoms with E-state index in [2.05, 4.69) is 9.71 Å². The summed E-state index contributed by atoms with van der Waals surface area (Å²) in [5.41, 5.74) is 1.09. The van der Waals surface area contributed by atoms with Gasteiger partial charge in [-0.05, 0) is 52.0 Å². The second-order valence-corrected chi connectivity index (χ2v) is 8.44. The van der Waals surface area contributed by atoms with Crippen LogP contribution in [-0.4, -0.2) is 13.9 Å². The standard InChI is InChI=1S/C15H19ClN2O2S/c1-9(18-21(20)15(2,3)4)12-8-10-7-11(16)5-6-13(10)17-14(12)19/h5-9,18H,1-4H3,(H,17,19)/t9-,21+/m0/s1. The number of pyridine rings is 1. The quantitative estimate of drug-likeness (QED) is 0.909. The molecule has 0 unspecified atom stereocenters. The molecule has 0 aliphatic heterocycles. The molecule has 0 bridgehead atoms. The maximum absolute atomic E-state index is 12.2. The number of H-pyrrole nitrogens is 1. The molecular weight excluding hydrogens is 308 g/mol. The van der Waals surface area contributed by atoms with Gasteiger partial charge < -0.3 is 4.98 Å². The zero-order valence-corrected chi connectivity index (χ0v) is 14.1. The average Bonchev–Trinajstić information content (AvgIpc) is 2.37. The Labute approximate surface area is 131 Å². The fraction of sp³-hybridized carbons (Fsp3) is 0.400. The first-order valence-corrected chi connectivity index (χ1v) is 8.22. The summed E-state index contributed by atoms with van der Waals surface area (Å²) in [7, 11) is -1.24. The number of halogens is 1. The topological polar surface area (TPSA) is 62.0 Å². The number of aromatic nitrogens is 1. The Morgan fingerprint density at radius 3 is 2.57 bits per heavy atom. The molecule has 0 saturated carbocycles. The SMILES string of the molecule is C[C@H](N[S@](=O)C(C)(C)C)c1cc2cc(Cl)ccc2[nH]c1=O. The molecule has 6 heteroatoms. The van der Waals surface area contributed by atoms with Gasteiger partial charge in [0.2, 0.25) is 0 Å². The summed E-state index contributed by atoms with van der Waals surface area (Å²) in [4.78, 5) is 15.0. The molecule has 0 aliphatic rings. The molecule has 0 radical (unpaired) electrons. The van der Waals surface area contributed by atoms with E-state index in [1.54, 1.807) is 24.3 Å². The van der Waals surface area contributed by atoms with Crippen LogP contribution in [0.25, 0.3) is 10.9 Å². The molecule has 1 heterocycles. The van der Waals surface area contributed by atoms with E-state index in [0.29, 0.717) is 10.6 Å². The van der Waals surface area contributed by atoms with Crippen molar-refractivity contribution in [3.63, 3.8) is 0 Å². The minimum atomic E-state index is -1.24. The van der Waals surface area contributed by atoms with Crippen LogP contribution in [0.1, 0.15) is 39.3 Å². The number of nitrogens with one attached hydrogen (secondary N) is 2. The van der Waals surface area contributed by atoms with Gasteiger partial charge in [-0.1, -0.05) is 11.6 Å². The van der Waals surface area contributed by atoms with Gasteiger partial charge in [0, 0.05) is 27.5 Å². The molecule has 21 heavy (non-hydrogen) atoms. The Hall–Kier alpha value is -1.17. The van der Waals surface area contributed by atoms with Crippen molar-refractivity contribution in [3.8, 4) is 0 Å². The molecule has 1 aromatic heterocycles. The Morgan fingerprint density at radius 1 is 1.29 bits per heavy atom. The smallest absolute Gasteiger partial charge is 0.253 e. The summed E-state index contributed by atoms with van der Waals surface area (Å²) in [6.45, 7) is 7.47. The normalized spacial score (nSPS) is 15.1. The third kappa shape index (κ3) is 3.73. The molecule has 0 fully saturated rings. The van der Waals surface area contributed by atoms with E-state index in [0.717, 1.165) is 10.9 Å². The van der Waals surface area contributed by atoms with Gasteiger partial charge in [0.25, 0.3) is 5.56 Å².